The molecule has 0 saturated carbocycles. The van der Waals surface area contributed by atoms with Gasteiger partial charge in [-0.15, -0.1) is 0 Å². The molecule has 0 aromatic carbocycles. The summed E-state index contributed by atoms with van der Waals surface area (Å²) in [7, 11) is 0. The van der Waals surface area contributed by atoms with E-state index < -0.39 is 11.8 Å². The van der Waals surface area contributed by atoms with Crippen LogP contribution in [0, 0.1) is 0 Å². The smallest absolute Gasteiger partial charge is 0.0695 e. The van der Waals surface area contributed by atoms with Crippen LogP contribution in [-0.4, -0.2) is 4.99 Å². The summed E-state index contributed by atoms with van der Waals surface area (Å²) in [6.45, 7) is -2.24. The topological polar surface area (TPSA) is 26.0 Å². The van der Waals surface area contributed by atoms with Crippen LogP contribution in [0.4, 0.5) is 0 Å². The summed E-state index contributed by atoms with van der Waals surface area (Å²) in [5, 5.41) is 0. The van der Waals surface area contributed by atoms with E-state index in [1.54, 1.807) is 0 Å². The highest BCUT2D eigenvalue weighted by Crippen LogP contribution is 1.48. The van der Waals surface area contributed by atoms with Crippen molar-refractivity contribution in [1.82, 2.24) is 0 Å². The third-order valence-electron chi connectivity index (χ3n) is 0. The predicted octanol–water partition coefficient (Wildman–Crippen LogP) is 0.292. The van der Waals surface area contributed by atoms with Crippen LogP contribution >= 0.6 is 12.2 Å². The average Bonchev–Trinajstić information content (AvgIpc) is 1.31. The summed E-state index contributed by atoms with van der Waals surface area (Å²) in [5.74, 6) is 0. The Morgan fingerprint density at radius 3 is 2.75 bits per heavy atom. The fourth-order valence-electron chi connectivity index (χ4n) is 0. The lowest BCUT2D eigenvalue weighted by molar-refractivity contribution is 1.73. The van der Waals surface area contributed by atoms with Gasteiger partial charge in [-0.1, -0.05) is 12.2 Å². The summed E-state index contributed by atoms with van der Waals surface area (Å²) < 4.78 is 19.4. The van der Waals surface area contributed by atoms with E-state index >= 15 is 0 Å². The standard InChI is InChI=1S/C2H5NS/c1-2(3)4/h1H3,(H2,3,4)/i1D3. The molecule has 0 radical (unpaired) electrons. The molecule has 0 unspecified atom stereocenters. The van der Waals surface area contributed by atoms with E-state index in [1.807, 2.05) is 0 Å². The van der Waals surface area contributed by atoms with Crippen molar-refractivity contribution in [2.24, 2.45) is 5.73 Å². The molecule has 0 aliphatic carbocycles. The van der Waals surface area contributed by atoms with Crippen molar-refractivity contribution in [2.45, 2.75) is 6.85 Å². The first-order valence-corrected chi connectivity index (χ1v) is 1.15. The van der Waals surface area contributed by atoms with Crippen LogP contribution < -0.4 is 5.73 Å². The van der Waals surface area contributed by atoms with Crippen molar-refractivity contribution in [3.05, 3.63) is 0 Å². The van der Waals surface area contributed by atoms with Crippen LogP contribution in [0.1, 0.15) is 11.0 Å². The molecule has 4 heavy (non-hydrogen) atoms. The van der Waals surface area contributed by atoms with Crippen LogP contribution in [0.25, 0.3) is 0 Å². The number of nitrogens with two attached hydrogens (primary N) is 1. The second-order valence-corrected chi connectivity index (χ2v) is 0.804. The second-order valence-electron chi connectivity index (χ2n) is 0.364. The molecule has 0 aromatic rings. The maximum Gasteiger partial charge on any atom is 0.0695 e. The van der Waals surface area contributed by atoms with Crippen molar-refractivity contribution in [3.63, 3.8) is 0 Å². The molecule has 1 nitrogen and oxygen atoms in total. The van der Waals surface area contributed by atoms with Gasteiger partial charge in [-0.3, -0.25) is 0 Å². The quantitative estimate of drug-likeness (QED) is 0.421. The first-order chi connectivity index (χ1) is 2.94. The van der Waals surface area contributed by atoms with Crippen molar-refractivity contribution in [2.75, 3.05) is 0 Å². The fourth-order valence-corrected chi connectivity index (χ4v) is 0. The molecular weight excluding hydrogens is 70.1 g/mol. The van der Waals surface area contributed by atoms with Crippen LogP contribution in [0.5, 0.6) is 0 Å². The Morgan fingerprint density at radius 1 is 2.50 bits per heavy atom. The van der Waals surface area contributed by atoms with Gasteiger partial charge in [-0.25, -0.2) is 0 Å². The highest BCUT2D eigenvalue weighted by Gasteiger charge is 1.54. The van der Waals surface area contributed by atoms with Gasteiger partial charge in [0.1, 0.15) is 0 Å². The van der Waals surface area contributed by atoms with Gasteiger partial charge in [-0.05, 0) is 6.85 Å². The average molecular weight is 78.2 g/mol. The van der Waals surface area contributed by atoms with Gasteiger partial charge in [0.15, 0.2) is 0 Å². The molecule has 2 N–H and O–H groups in total. The number of hydrogen-bond donors (Lipinski definition) is 1. The number of thiocarbonyl (C=S) groups is 1. The Balaban J connectivity index is 3.79. The predicted molar refractivity (Wildman–Crippen MR) is 22.5 cm³/mol. The first-order valence-electron chi connectivity index (χ1n) is 2.24. The second kappa shape index (κ2) is 1.24. The monoisotopic (exact) mass is 78.0 g/mol. The van der Waals surface area contributed by atoms with Gasteiger partial charge in [-0.2, -0.15) is 0 Å². The molecule has 0 aliphatic heterocycles. The highest BCUT2D eigenvalue weighted by molar-refractivity contribution is 7.80. The van der Waals surface area contributed by atoms with Gasteiger partial charge in [0.2, 0.25) is 0 Å². The van der Waals surface area contributed by atoms with Gasteiger partial charge in [0.05, 0.1) is 4.99 Å². The molecule has 0 aliphatic rings. The lowest BCUT2D eigenvalue weighted by atomic mass is 10.8. The molecule has 0 heterocycles. The molecule has 0 fully saturated rings. The maximum atomic E-state index is 6.45. The lowest BCUT2D eigenvalue weighted by Gasteiger charge is -1.65. The van der Waals surface area contributed by atoms with E-state index in [1.165, 1.54) is 0 Å². The van der Waals surface area contributed by atoms with Crippen LogP contribution in [0.15, 0.2) is 0 Å². The minimum absolute atomic E-state index is 0.424. The summed E-state index contributed by atoms with van der Waals surface area (Å²) in [5.41, 5.74) is 4.74. The van der Waals surface area contributed by atoms with Crippen molar-refractivity contribution in [3.8, 4) is 0 Å². The Labute approximate surface area is 35.0 Å². The molecule has 0 atom stereocenters. The molecule has 2 heteroatoms. The largest absolute Gasteiger partial charge is 0.394 e. The highest BCUT2D eigenvalue weighted by atomic mass is 32.1. The summed E-state index contributed by atoms with van der Waals surface area (Å²) in [4.78, 5) is -0.424. The fraction of sp³-hybridized carbons (Fsp3) is 0.500. The van der Waals surface area contributed by atoms with E-state index in [-0.39, 0.29) is 0 Å². The van der Waals surface area contributed by atoms with Crippen LogP contribution in [0.3, 0.4) is 0 Å². The third-order valence-corrected chi connectivity index (χ3v) is 0. The Bertz CT molecular complexity index is 85.4. The van der Waals surface area contributed by atoms with Crippen molar-refractivity contribution >= 4 is 17.2 Å². The van der Waals surface area contributed by atoms with E-state index in [4.69, 9.17) is 9.85 Å². The zero-order valence-electron chi connectivity index (χ0n) is 4.99. The molecule has 0 aromatic heterocycles. The molecule has 0 rings (SSSR count). The molecule has 0 amide bonds. The SMILES string of the molecule is [2H]C([2H])([2H])C(N)=S. The number of hydrogen-bond acceptors (Lipinski definition) is 1. The molecule has 0 saturated heterocycles. The van der Waals surface area contributed by atoms with Gasteiger partial charge in [0.25, 0.3) is 0 Å². The van der Waals surface area contributed by atoms with Crippen molar-refractivity contribution < 1.29 is 4.11 Å². The summed E-state index contributed by atoms with van der Waals surface area (Å²) >= 11 is 4.15. The minimum Gasteiger partial charge on any atom is -0.394 e. The normalized spacial score (nSPS) is 20.5. The molecular formula is C2H5NS. The first kappa shape index (κ1) is 0.937. The van der Waals surface area contributed by atoms with E-state index in [0.717, 1.165) is 0 Å². The Morgan fingerprint density at radius 2 is 2.75 bits per heavy atom. The lowest BCUT2D eigenvalue weighted by Crippen LogP contribution is -1.98. The van der Waals surface area contributed by atoms with E-state index in [9.17, 15) is 0 Å². The molecule has 0 spiro atoms. The van der Waals surface area contributed by atoms with E-state index in [0.29, 0.717) is 0 Å². The minimum atomic E-state index is -2.24. The maximum absolute atomic E-state index is 6.45. The van der Waals surface area contributed by atoms with Crippen LogP contribution in [0.2, 0.25) is 0 Å². The van der Waals surface area contributed by atoms with Crippen molar-refractivity contribution in [1.29, 1.82) is 0 Å². The Hall–Kier alpha value is -0.110. The third kappa shape index (κ3) is 124. The Kier molecular flexibility index (Phi) is 0.289. The molecule has 0 bridgehead atoms. The molecule has 24 valence electrons. The summed E-state index contributed by atoms with van der Waals surface area (Å²) in [6, 6.07) is 0. The zero-order valence-corrected chi connectivity index (χ0v) is 2.80. The zero-order chi connectivity index (χ0) is 6.08. The summed E-state index contributed by atoms with van der Waals surface area (Å²) in [6.07, 6.45) is 0. The van der Waals surface area contributed by atoms with Gasteiger partial charge < -0.3 is 5.73 Å². The number of rotatable bonds is 0. The van der Waals surface area contributed by atoms with E-state index in [2.05, 4.69) is 12.2 Å². The van der Waals surface area contributed by atoms with Gasteiger partial charge in [0, 0.05) is 4.11 Å². The van der Waals surface area contributed by atoms with Gasteiger partial charge >= 0.3 is 0 Å². The van der Waals surface area contributed by atoms with Crippen LogP contribution in [-0.2, 0) is 0 Å².